The maximum atomic E-state index is 11.8. The Morgan fingerprint density at radius 3 is 2.64 bits per heavy atom. The van der Waals surface area contributed by atoms with Crippen molar-refractivity contribution in [1.82, 2.24) is 4.72 Å². The summed E-state index contributed by atoms with van der Waals surface area (Å²) >= 11 is 0. The topological polar surface area (TPSA) is 111 Å². The summed E-state index contributed by atoms with van der Waals surface area (Å²) in [6, 6.07) is 5.83. The van der Waals surface area contributed by atoms with Crippen LogP contribution in [0.2, 0.25) is 0 Å². The summed E-state index contributed by atoms with van der Waals surface area (Å²) in [6.45, 7) is 1.21. The molecule has 1 aliphatic heterocycles. The van der Waals surface area contributed by atoms with Crippen molar-refractivity contribution < 1.29 is 18.1 Å². The molecule has 1 unspecified atom stereocenters. The molecule has 0 spiro atoms. The summed E-state index contributed by atoms with van der Waals surface area (Å²) in [4.78, 5) is 10.0. The van der Waals surface area contributed by atoms with E-state index < -0.39 is 14.9 Å². The van der Waals surface area contributed by atoms with Crippen molar-refractivity contribution in [3.63, 3.8) is 0 Å². The van der Waals surface area contributed by atoms with Gasteiger partial charge in [-0.25, -0.2) is 13.1 Å². The Bertz CT molecular complexity index is 597. The third-order valence-electron chi connectivity index (χ3n) is 3.33. The number of non-ortho nitro benzene ring substituents is 1. The molecule has 9 heteroatoms. The number of nitrogens with zero attached hydrogens (tertiary/aromatic N) is 1. The van der Waals surface area contributed by atoms with Crippen LogP contribution in [-0.2, 0) is 14.8 Å². The zero-order valence-corrected chi connectivity index (χ0v) is 12.8. The van der Waals surface area contributed by atoms with Gasteiger partial charge >= 0.3 is 0 Å². The van der Waals surface area contributed by atoms with Crippen LogP contribution >= 0.6 is 0 Å². The molecule has 22 heavy (non-hydrogen) atoms. The molecule has 1 aromatic rings. The van der Waals surface area contributed by atoms with E-state index in [1.54, 1.807) is 12.1 Å². The molecule has 1 fully saturated rings. The van der Waals surface area contributed by atoms with Gasteiger partial charge in [0, 0.05) is 37.5 Å². The first-order valence-corrected chi connectivity index (χ1v) is 8.69. The highest BCUT2D eigenvalue weighted by Gasteiger charge is 2.18. The first-order valence-electron chi connectivity index (χ1n) is 7.03. The SMILES string of the molecule is O=[N+]([O-])c1ccc(NCCS(=O)(=O)NCC2CCCO2)cc1. The lowest BCUT2D eigenvalue weighted by Crippen LogP contribution is -2.35. The molecule has 0 amide bonds. The summed E-state index contributed by atoms with van der Waals surface area (Å²) in [6.07, 6.45) is 1.81. The van der Waals surface area contributed by atoms with E-state index >= 15 is 0 Å². The number of anilines is 1. The molecule has 122 valence electrons. The standard InChI is InChI=1S/C13H19N3O5S/c17-16(18)12-5-3-11(4-6-12)14-7-9-22(19,20)15-10-13-2-1-8-21-13/h3-6,13-15H,1-2,7-10H2. The summed E-state index contributed by atoms with van der Waals surface area (Å²) in [5.74, 6) is -0.0727. The molecule has 0 saturated carbocycles. The van der Waals surface area contributed by atoms with E-state index in [1.807, 2.05) is 0 Å². The fraction of sp³-hybridized carbons (Fsp3) is 0.538. The second-order valence-electron chi connectivity index (χ2n) is 5.03. The van der Waals surface area contributed by atoms with E-state index in [1.165, 1.54) is 12.1 Å². The Kier molecular flexibility index (Phi) is 5.69. The third-order valence-corrected chi connectivity index (χ3v) is 4.68. The lowest BCUT2D eigenvalue weighted by Gasteiger charge is -2.12. The van der Waals surface area contributed by atoms with Crippen LogP contribution in [0.25, 0.3) is 0 Å². The highest BCUT2D eigenvalue weighted by molar-refractivity contribution is 7.89. The van der Waals surface area contributed by atoms with Gasteiger partial charge in [-0.3, -0.25) is 10.1 Å². The van der Waals surface area contributed by atoms with Crippen LogP contribution < -0.4 is 10.0 Å². The summed E-state index contributed by atoms with van der Waals surface area (Å²) < 4.78 is 31.5. The maximum absolute atomic E-state index is 11.8. The monoisotopic (exact) mass is 329 g/mol. The predicted octanol–water partition coefficient (Wildman–Crippen LogP) is 1.11. The normalized spacial score (nSPS) is 18.3. The Hall–Kier alpha value is -1.71. The van der Waals surface area contributed by atoms with E-state index in [2.05, 4.69) is 10.0 Å². The summed E-state index contributed by atoms with van der Waals surface area (Å²) in [7, 11) is -3.36. The number of rotatable bonds is 8. The molecule has 1 aromatic carbocycles. The van der Waals surface area contributed by atoms with Crippen LogP contribution in [0, 0.1) is 10.1 Å². The van der Waals surface area contributed by atoms with Crippen LogP contribution in [0.15, 0.2) is 24.3 Å². The number of benzene rings is 1. The van der Waals surface area contributed by atoms with Gasteiger partial charge in [0.05, 0.1) is 16.8 Å². The quantitative estimate of drug-likeness (QED) is 0.546. The molecule has 0 radical (unpaired) electrons. The summed E-state index contributed by atoms with van der Waals surface area (Å²) in [5, 5.41) is 13.4. The van der Waals surface area contributed by atoms with Gasteiger partial charge in [-0.15, -0.1) is 0 Å². The zero-order chi connectivity index (χ0) is 16.0. The Morgan fingerprint density at radius 1 is 1.32 bits per heavy atom. The fourth-order valence-electron chi connectivity index (χ4n) is 2.13. The molecule has 0 bridgehead atoms. The molecule has 2 rings (SSSR count). The molecule has 1 aliphatic rings. The van der Waals surface area contributed by atoms with Gasteiger partial charge in [0.1, 0.15) is 0 Å². The largest absolute Gasteiger partial charge is 0.384 e. The molecule has 8 nitrogen and oxygen atoms in total. The lowest BCUT2D eigenvalue weighted by atomic mass is 10.2. The number of nitrogens with one attached hydrogen (secondary N) is 2. The van der Waals surface area contributed by atoms with Crippen molar-refractivity contribution in [1.29, 1.82) is 0 Å². The molecular formula is C13H19N3O5S. The lowest BCUT2D eigenvalue weighted by molar-refractivity contribution is -0.384. The second-order valence-corrected chi connectivity index (χ2v) is 6.96. The van der Waals surface area contributed by atoms with Gasteiger partial charge in [0.25, 0.3) is 5.69 Å². The van der Waals surface area contributed by atoms with Gasteiger partial charge in [0.2, 0.25) is 10.0 Å². The van der Waals surface area contributed by atoms with Crippen LogP contribution in [0.1, 0.15) is 12.8 Å². The maximum Gasteiger partial charge on any atom is 0.269 e. The van der Waals surface area contributed by atoms with Crippen LogP contribution in [0.5, 0.6) is 0 Å². The van der Waals surface area contributed by atoms with Crippen LogP contribution in [-0.4, -0.2) is 44.9 Å². The number of nitro benzene ring substituents is 1. The van der Waals surface area contributed by atoms with E-state index in [9.17, 15) is 18.5 Å². The fourth-order valence-corrected chi connectivity index (χ4v) is 3.08. The molecule has 0 aromatic heterocycles. The van der Waals surface area contributed by atoms with E-state index in [4.69, 9.17) is 4.74 Å². The highest BCUT2D eigenvalue weighted by Crippen LogP contribution is 2.15. The third kappa shape index (κ3) is 5.24. The minimum absolute atomic E-state index is 0.00333. The van der Waals surface area contributed by atoms with E-state index in [-0.39, 0.29) is 24.1 Å². The van der Waals surface area contributed by atoms with Gasteiger partial charge in [0.15, 0.2) is 0 Å². The van der Waals surface area contributed by atoms with Crippen molar-refractivity contribution >= 4 is 21.4 Å². The number of hydrogen-bond donors (Lipinski definition) is 2. The summed E-state index contributed by atoms with van der Waals surface area (Å²) in [5.41, 5.74) is 0.635. The average Bonchev–Trinajstić information content (AvgIpc) is 2.99. The number of hydrogen-bond acceptors (Lipinski definition) is 6. The Balaban J connectivity index is 1.73. The van der Waals surface area contributed by atoms with Crippen molar-refractivity contribution in [2.45, 2.75) is 18.9 Å². The molecule has 1 saturated heterocycles. The number of ether oxygens (including phenoxy) is 1. The molecule has 1 heterocycles. The van der Waals surface area contributed by atoms with Crippen molar-refractivity contribution in [3.05, 3.63) is 34.4 Å². The van der Waals surface area contributed by atoms with Crippen molar-refractivity contribution in [2.75, 3.05) is 30.8 Å². The predicted molar refractivity (Wildman–Crippen MR) is 82.3 cm³/mol. The van der Waals surface area contributed by atoms with Gasteiger partial charge in [-0.05, 0) is 25.0 Å². The number of sulfonamides is 1. The van der Waals surface area contributed by atoms with Gasteiger partial charge < -0.3 is 10.1 Å². The minimum atomic E-state index is -3.36. The first-order chi connectivity index (χ1) is 10.5. The van der Waals surface area contributed by atoms with E-state index in [0.717, 1.165) is 12.8 Å². The van der Waals surface area contributed by atoms with Crippen LogP contribution in [0.3, 0.4) is 0 Å². The first kappa shape index (κ1) is 16.7. The van der Waals surface area contributed by atoms with Crippen molar-refractivity contribution in [3.8, 4) is 0 Å². The zero-order valence-electron chi connectivity index (χ0n) is 12.0. The Morgan fingerprint density at radius 2 is 2.05 bits per heavy atom. The molecular weight excluding hydrogens is 310 g/mol. The second kappa shape index (κ2) is 7.52. The molecule has 1 atom stereocenters. The number of nitro groups is 1. The smallest absolute Gasteiger partial charge is 0.269 e. The highest BCUT2D eigenvalue weighted by atomic mass is 32.2. The van der Waals surface area contributed by atoms with E-state index in [0.29, 0.717) is 18.8 Å². The Labute approximate surface area is 129 Å². The molecule has 2 N–H and O–H groups in total. The minimum Gasteiger partial charge on any atom is -0.384 e. The van der Waals surface area contributed by atoms with Crippen LogP contribution in [0.4, 0.5) is 11.4 Å². The average molecular weight is 329 g/mol. The molecule has 0 aliphatic carbocycles. The van der Waals surface area contributed by atoms with Gasteiger partial charge in [-0.2, -0.15) is 0 Å². The van der Waals surface area contributed by atoms with Crippen molar-refractivity contribution in [2.24, 2.45) is 0 Å². The van der Waals surface area contributed by atoms with Gasteiger partial charge in [-0.1, -0.05) is 0 Å².